The number of sulfone groups is 1. The van der Waals surface area contributed by atoms with Gasteiger partial charge in [0.1, 0.15) is 5.75 Å². The van der Waals surface area contributed by atoms with Gasteiger partial charge in [-0.05, 0) is 40.5 Å². The number of hydrogen-bond donors (Lipinski definition) is 2. The summed E-state index contributed by atoms with van der Waals surface area (Å²) in [6, 6.07) is 19.1. The molecule has 0 aliphatic heterocycles. The van der Waals surface area contributed by atoms with Crippen molar-refractivity contribution >= 4 is 9.84 Å². The third kappa shape index (κ3) is 3.57. The third-order valence-corrected chi connectivity index (χ3v) is 5.19. The lowest BCUT2D eigenvalue weighted by atomic mass is 9.93. The maximum absolute atomic E-state index is 11.6. The molecule has 25 heavy (non-hydrogen) atoms. The van der Waals surface area contributed by atoms with E-state index in [0.29, 0.717) is 5.56 Å². The fourth-order valence-corrected chi connectivity index (χ4v) is 3.37. The molecule has 0 spiro atoms. The molecule has 5 heteroatoms. The summed E-state index contributed by atoms with van der Waals surface area (Å²) in [7, 11) is -3.25. The van der Waals surface area contributed by atoms with Gasteiger partial charge in [0.05, 0.1) is 11.5 Å². The Bertz CT molecular complexity index is 989. The molecule has 3 aromatic rings. The van der Waals surface area contributed by atoms with Crippen LogP contribution >= 0.6 is 0 Å². The molecule has 0 aliphatic carbocycles. The van der Waals surface area contributed by atoms with Crippen LogP contribution in [0.3, 0.4) is 0 Å². The fourth-order valence-electron chi connectivity index (χ4n) is 2.74. The van der Waals surface area contributed by atoms with Crippen molar-refractivity contribution in [1.82, 2.24) is 0 Å². The molecule has 0 radical (unpaired) electrons. The summed E-state index contributed by atoms with van der Waals surface area (Å²) in [4.78, 5) is 0.255. The van der Waals surface area contributed by atoms with Gasteiger partial charge >= 0.3 is 0 Å². The first-order chi connectivity index (χ1) is 11.9. The number of aliphatic hydroxyl groups excluding tert-OH is 1. The summed E-state index contributed by atoms with van der Waals surface area (Å²) in [6.45, 7) is -0.0408. The van der Waals surface area contributed by atoms with Crippen molar-refractivity contribution in [2.45, 2.75) is 11.5 Å². The van der Waals surface area contributed by atoms with Crippen molar-refractivity contribution in [3.63, 3.8) is 0 Å². The van der Waals surface area contributed by atoms with E-state index in [1.165, 1.54) is 6.26 Å². The monoisotopic (exact) mass is 354 g/mol. The Morgan fingerprint density at radius 2 is 1.44 bits per heavy atom. The van der Waals surface area contributed by atoms with Crippen LogP contribution in [0.5, 0.6) is 5.75 Å². The molecule has 0 saturated carbocycles. The van der Waals surface area contributed by atoms with E-state index in [4.69, 9.17) is 0 Å². The highest BCUT2D eigenvalue weighted by Crippen LogP contribution is 2.38. The summed E-state index contributed by atoms with van der Waals surface area (Å²) >= 11 is 0. The van der Waals surface area contributed by atoms with E-state index in [1.807, 2.05) is 18.2 Å². The van der Waals surface area contributed by atoms with E-state index in [9.17, 15) is 18.6 Å². The summed E-state index contributed by atoms with van der Waals surface area (Å²) in [5, 5.41) is 19.6. The Morgan fingerprint density at radius 3 is 2.00 bits per heavy atom. The summed E-state index contributed by atoms with van der Waals surface area (Å²) in [6.07, 6.45) is 1.17. The third-order valence-electron chi connectivity index (χ3n) is 4.06. The Morgan fingerprint density at radius 1 is 0.840 bits per heavy atom. The molecule has 0 aliphatic rings. The lowest BCUT2D eigenvalue weighted by Crippen LogP contribution is -1.96. The van der Waals surface area contributed by atoms with Crippen molar-refractivity contribution in [1.29, 1.82) is 0 Å². The molecule has 0 bridgehead atoms. The zero-order chi connectivity index (χ0) is 18.0. The molecular formula is C20H18O4S. The largest absolute Gasteiger partial charge is 0.507 e. The Labute approximate surface area is 146 Å². The highest BCUT2D eigenvalue weighted by Gasteiger charge is 2.13. The molecule has 0 aromatic heterocycles. The van der Waals surface area contributed by atoms with E-state index in [0.717, 1.165) is 22.3 Å². The van der Waals surface area contributed by atoms with Gasteiger partial charge in [-0.15, -0.1) is 0 Å². The summed E-state index contributed by atoms with van der Waals surface area (Å²) in [5.41, 5.74) is 3.89. The molecule has 0 fully saturated rings. The molecule has 0 saturated heterocycles. The van der Waals surface area contributed by atoms with E-state index >= 15 is 0 Å². The lowest BCUT2D eigenvalue weighted by Gasteiger charge is -2.13. The molecule has 3 rings (SSSR count). The van der Waals surface area contributed by atoms with Gasteiger partial charge in [0.2, 0.25) is 0 Å². The second-order valence-corrected chi connectivity index (χ2v) is 7.87. The first-order valence-electron chi connectivity index (χ1n) is 7.73. The van der Waals surface area contributed by atoms with E-state index in [1.54, 1.807) is 48.5 Å². The van der Waals surface area contributed by atoms with Crippen LogP contribution in [0.4, 0.5) is 0 Å². The molecule has 0 atom stereocenters. The molecular weight excluding hydrogens is 336 g/mol. The zero-order valence-electron chi connectivity index (χ0n) is 13.7. The second-order valence-electron chi connectivity index (χ2n) is 5.85. The maximum atomic E-state index is 11.6. The average Bonchev–Trinajstić information content (AvgIpc) is 2.61. The van der Waals surface area contributed by atoms with Crippen LogP contribution in [0.2, 0.25) is 0 Å². The van der Waals surface area contributed by atoms with Gasteiger partial charge in [-0.2, -0.15) is 0 Å². The van der Waals surface area contributed by atoms with Crippen molar-refractivity contribution in [3.05, 3.63) is 72.3 Å². The molecule has 4 nitrogen and oxygen atoms in total. The zero-order valence-corrected chi connectivity index (χ0v) is 14.5. The van der Waals surface area contributed by atoms with E-state index < -0.39 is 9.84 Å². The number of hydrogen-bond acceptors (Lipinski definition) is 4. The van der Waals surface area contributed by atoms with Crippen LogP contribution < -0.4 is 0 Å². The normalized spacial score (nSPS) is 11.4. The smallest absolute Gasteiger partial charge is 0.175 e. The quantitative estimate of drug-likeness (QED) is 0.750. The van der Waals surface area contributed by atoms with Crippen LogP contribution in [-0.2, 0) is 16.4 Å². The van der Waals surface area contributed by atoms with E-state index in [2.05, 4.69) is 0 Å². The van der Waals surface area contributed by atoms with E-state index in [-0.39, 0.29) is 17.3 Å². The van der Waals surface area contributed by atoms with Crippen molar-refractivity contribution < 1.29 is 18.6 Å². The summed E-state index contributed by atoms with van der Waals surface area (Å²) < 4.78 is 23.2. The number of rotatable bonds is 4. The number of aromatic hydroxyl groups is 1. The SMILES string of the molecule is CS(=O)(=O)c1ccc(-c2cccc(O)c2-c2ccc(CO)cc2)cc1. The number of phenolic OH excluding ortho intramolecular Hbond substituents is 1. The fraction of sp³-hybridized carbons (Fsp3) is 0.100. The molecule has 0 heterocycles. The van der Waals surface area contributed by atoms with Gasteiger partial charge in [0.25, 0.3) is 0 Å². The number of benzene rings is 3. The van der Waals surface area contributed by atoms with Crippen LogP contribution in [0.1, 0.15) is 5.56 Å². The topological polar surface area (TPSA) is 74.6 Å². The highest BCUT2D eigenvalue weighted by molar-refractivity contribution is 7.90. The van der Waals surface area contributed by atoms with Crippen molar-refractivity contribution in [3.8, 4) is 28.0 Å². The molecule has 0 unspecified atom stereocenters. The van der Waals surface area contributed by atoms with Crippen LogP contribution in [-0.4, -0.2) is 24.9 Å². The number of phenols is 1. The molecule has 128 valence electrons. The standard InChI is InChI=1S/C20H18O4S/c1-25(23,24)17-11-9-15(10-12-17)18-3-2-4-19(22)20(18)16-7-5-14(13-21)6-8-16/h2-12,21-22H,13H2,1H3. The van der Waals surface area contributed by atoms with Gasteiger partial charge in [-0.1, -0.05) is 48.5 Å². The minimum absolute atomic E-state index is 0.0408. The van der Waals surface area contributed by atoms with Crippen molar-refractivity contribution in [2.75, 3.05) is 6.26 Å². The first-order valence-corrected chi connectivity index (χ1v) is 9.62. The Balaban J connectivity index is 2.12. The van der Waals surface area contributed by atoms with Gasteiger partial charge in [0, 0.05) is 11.8 Å². The lowest BCUT2D eigenvalue weighted by molar-refractivity contribution is 0.282. The minimum atomic E-state index is -3.25. The number of aliphatic hydroxyl groups is 1. The average molecular weight is 354 g/mol. The predicted octanol–water partition coefficient (Wildman–Crippen LogP) is 3.62. The highest BCUT2D eigenvalue weighted by atomic mass is 32.2. The van der Waals surface area contributed by atoms with Gasteiger partial charge in [-0.3, -0.25) is 0 Å². The van der Waals surface area contributed by atoms with Crippen molar-refractivity contribution in [2.24, 2.45) is 0 Å². The Kier molecular flexibility index (Phi) is 4.61. The van der Waals surface area contributed by atoms with Gasteiger partial charge < -0.3 is 10.2 Å². The maximum Gasteiger partial charge on any atom is 0.175 e. The first kappa shape index (κ1) is 17.2. The predicted molar refractivity (Wildman–Crippen MR) is 98.0 cm³/mol. The van der Waals surface area contributed by atoms with Crippen LogP contribution in [0, 0.1) is 0 Å². The van der Waals surface area contributed by atoms with Gasteiger partial charge in [0.15, 0.2) is 9.84 Å². The molecule has 0 amide bonds. The van der Waals surface area contributed by atoms with Gasteiger partial charge in [-0.25, -0.2) is 8.42 Å². The minimum Gasteiger partial charge on any atom is -0.507 e. The Hall–Kier alpha value is -2.63. The summed E-state index contributed by atoms with van der Waals surface area (Å²) in [5.74, 6) is 0.140. The van der Waals surface area contributed by atoms with Crippen LogP contribution in [0.15, 0.2) is 71.6 Å². The van der Waals surface area contributed by atoms with Crippen LogP contribution in [0.25, 0.3) is 22.3 Å². The second kappa shape index (κ2) is 6.70. The molecule has 3 aromatic carbocycles. The molecule has 2 N–H and O–H groups in total.